The summed E-state index contributed by atoms with van der Waals surface area (Å²) in [5, 5.41) is 6.20. The molecule has 0 unspecified atom stereocenters. The second kappa shape index (κ2) is 11.1. The maximum absolute atomic E-state index is 12.6. The van der Waals surface area contributed by atoms with Gasteiger partial charge in [0.05, 0.1) is 10.7 Å². The number of carbonyl (C=O) groups excluding carboxylic acids is 1. The molecule has 5 nitrogen and oxygen atoms in total. The fourth-order valence-corrected chi connectivity index (χ4v) is 5.26. The first-order chi connectivity index (χ1) is 15.6. The average molecular weight is 467 g/mol. The summed E-state index contributed by atoms with van der Waals surface area (Å²) in [6.45, 7) is 10.9. The Morgan fingerprint density at radius 2 is 1.72 bits per heavy atom. The molecule has 1 fully saturated rings. The fourth-order valence-electron chi connectivity index (χ4n) is 3.75. The van der Waals surface area contributed by atoms with Crippen LogP contribution in [0.2, 0.25) is 0 Å². The minimum absolute atomic E-state index is 0.0832. The van der Waals surface area contributed by atoms with E-state index in [2.05, 4.69) is 44.5 Å². The maximum atomic E-state index is 12.6. The zero-order valence-corrected chi connectivity index (χ0v) is 20.3. The van der Waals surface area contributed by atoms with Crippen LogP contribution in [-0.4, -0.2) is 53.4 Å². The van der Waals surface area contributed by atoms with Crippen molar-refractivity contribution in [3.8, 4) is 0 Å². The summed E-state index contributed by atoms with van der Waals surface area (Å²) in [7, 11) is 0. The Morgan fingerprint density at radius 1 is 1.03 bits per heavy atom. The van der Waals surface area contributed by atoms with Gasteiger partial charge in [0, 0.05) is 60.0 Å². The molecule has 0 radical (unpaired) electrons. The predicted octanol–water partition coefficient (Wildman–Crippen LogP) is 5.13. The number of hydrogen-bond donors (Lipinski definition) is 1. The number of nitrogens with one attached hydrogen (secondary N) is 1. The number of thioether (sulfide) groups is 1. The maximum Gasteiger partial charge on any atom is 0.255 e. The van der Waals surface area contributed by atoms with Gasteiger partial charge in [-0.1, -0.05) is 19.1 Å². The van der Waals surface area contributed by atoms with E-state index in [4.69, 9.17) is 0 Å². The lowest BCUT2D eigenvalue weighted by molar-refractivity contribution is 0.102. The van der Waals surface area contributed by atoms with Crippen LogP contribution in [0.25, 0.3) is 0 Å². The third kappa shape index (κ3) is 6.42. The van der Waals surface area contributed by atoms with Gasteiger partial charge in [0.1, 0.15) is 0 Å². The van der Waals surface area contributed by atoms with Gasteiger partial charge in [-0.15, -0.1) is 23.1 Å². The molecule has 4 rings (SSSR count). The zero-order valence-electron chi connectivity index (χ0n) is 18.7. The van der Waals surface area contributed by atoms with Crippen molar-refractivity contribution in [3.63, 3.8) is 0 Å². The van der Waals surface area contributed by atoms with Gasteiger partial charge in [-0.25, -0.2) is 4.98 Å². The second-order valence-corrected chi connectivity index (χ2v) is 10.1. The molecule has 1 N–H and O–H groups in total. The number of aryl methyl sites for hydroxylation is 1. The van der Waals surface area contributed by atoms with E-state index in [1.807, 2.05) is 43.3 Å². The highest BCUT2D eigenvalue weighted by Gasteiger charge is 2.15. The highest BCUT2D eigenvalue weighted by molar-refractivity contribution is 7.98. The molecule has 1 aliphatic rings. The number of carbonyl (C=O) groups is 1. The van der Waals surface area contributed by atoms with Gasteiger partial charge >= 0.3 is 0 Å². The molecular weight excluding hydrogens is 436 g/mol. The number of thiazole rings is 1. The SMILES string of the molecule is CCN1CCN(Cc2ccc(NC(=O)c3ccc(SCc4csc(C)n4)cc3)cc2)CC1. The molecule has 32 heavy (non-hydrogen) atoms. The van der Waals surface area contributed by atoms with Crippen LogP contribution in [0.5, 0.6) is 0 Å². The van der Waals surface area contributed by atoms with Gasteiger partial charge in [-0.05, 0) is 55.4 Å². The predicted molar refractivity (Wildman–Crippen MR) is 135 cm³/mol. The molecule has 7 heteroatoms. The Labute approximate surface area is 198 Å². The van der Waals surface area contributed by atoms with Gasteiger partial charge in [0.15, 0.2) is 0 Å². The van der Waals surface area contributed by atoms with Gasteiger partial charge in [0.2, 0.25) is 0 Å². The minimum Gasteiger partial charge on any atom is -0.322 e. The molecule has 0 aliphatic carbocycles. The van der Waals surface area contributed by atoms with E-state index in [-0.39, 0.29) is 5.91 Å². The third-order valence-corrected chi connectivity index (χ3v) is 7.57. The van der Waals surface area contributed by atoms with Crippen LogP contribution in [0.4, 0.5) is 5.69 Å². The van der Waals surface area contributed by atoms with Crippen LogP contribution in [0.3, 0.4) is 0 Å². The van der Waals surface area contributed by atoms with Crippen molar-refractivity contribution in [2.45, 2.75) is 31.0 Å². The van der Waals surface area contributed by atoms with Crippen molar-refractivity contribution in [1.29, 1.82) is 0 Å². The highest BCUT2D eigenvalue weighted by Crippen LogP contribution is 2.24. The molecule has 1 amide bonds. The second-order valence-electron chi connectivity index (χ2n) is 8.03. The number of amides is 1. The normalized spacial score (nSPS) is 15.1. The van der Waals surface area contributed by atoms with E-state index < -0.39 is 0 Å². The first-order valence-corrected chi connectivity index (χ1v) is 12.9. The van der Waals surface area contributed by atoms with Crippen molar-refractivity contribution in [2.24, 2.45) is 0 Å². The van der Waals surface area contributed by atoms with Gasteiger partial charge in [-0.3, -0.25) is 9.69 Å². The summed E-state index contributed by atoms with van der Waals surface area (Å²) in [4.78, 5) is 23.2. The fraction of sp³-hybridized carbons (Fsp3) is 0.360. The van der Waals surface area contributed by atoms with Gasteiger partial charge in [0.25, 0.3) is 5.91 Å². The molecule has 1 aromatic heterocycles. The van der Waals surface area contributed by atoms with Crippen molar-refractivity contribution >= 4 is 34.7 Å². The van der Waals surface area contributed by atoms with E-state index in [0.717, 1.165) is 66.3 Å². The molecule has 3 aromatic rings. The third-order valence-electron chi connectivity index (χ3n) is 5.70. The number of benzene rings is 2. The van der Waals surface area contributed by atoms with E-state index in [1.54, 1.807) is 23.1 Å². The van der Waals surface area contributed by atoms with Crippen molar-refractivity contribution in [3.05, 3.63) is 75.7 Å². The Kier molecular flexibility index (Phi) is 7.97. The van der Waals surface area contributed by atoms with Crippen LogP contribution in [0.1, 0.15) is 33.5 Å². The first-order valence-electron chi connectivity index (χ1n) is 11.1. The summed E-state index contributed by atoms with van der Waals surface area (Å²) in [5.74, 6) is 0.761. The molecule has 2 aromatic carbocycles. The number of nitrogens with zero attached hydrogens (tertiary/aromatic N) is 3. The zero-order chi connectivity index (χ0) is 22.3. The van der Waals surface area contributed by atoms with Crippen LogP contribution in [0, 0.1) is 6.92 Å². The van der Waals surface area contributed by atoms with Gasteiger partial charge in [-0.2, -0.15) is 0 Å². The Balaban J connectivity index is 1.26. The van der Waals surface area contributed by atoms with E-state index in [9.17, 15) is 4.79 Å². The van der Waals surface area contributed by atoms with Crippen molar-refractivity contribution in [2.75, 3.05) is 38.0 Å². The summed E-state index contributed by atoms with van der Waals surface area (Å²) in [5.41, 5.74) is 3.87. The molecule has 2 heterocycles. The summed E-state index contributed by atoms with van der Waals surface area (Å²) in [6, 6.07) is 16.0. The Hall–Kier alpha value is -2.19. The minimum atomic E-state index is -0.0832. The van der Waals surface area contributed by atoms with Crippen LogP contribution in [0.15, 0.2) is 58.8 Å². The highest BCUT2D eigenvalue weighted by atomic mass is 32.2. The average Bonchev–Trinajstić information content (AvgIpc) is 3.25. The topological polar surface area (TPSA) is 48.5 Å². The Bertz CT molecular complexity index is 1010. The molecule has 1 saturated heterocycles. The molecule has 0 bridgehead atoms. The quantitative estimate of drug-likeness (QED) is 0.466. The molecular formula is C25H30N4OS2. The van der Waals surface area contributed by atoms with E-state index in [0.29, 0.717) is 5.56 Å². The summed E-state index contributed by atoms with van der Waals surface area (Å²) < 4.78 is 0. The van der Waals surface area contributed by atoms with E-state index >= 15 is 0 Å². The van der Waals surface area contributed by atoms with Gasteiger partial charge < -0.3 is 10.2 Å². The largest absolute Gasteiger partial charge is 0.322 e. The van der Waals surface area contributed by atoms with Crippen LogP contribution in [-0.2, 0) is 12.3 Å². The number of hydrogen-bond acceptors (Lipinski definition) is 6. The number of aromatic nitrogens is 1. The molecule has 168 valence electrons. The number of likely N-dealkylation sites (N-methyl/N-ethyl adjacent to an activating group) is 1. The lowest BCUT2D eigenvalue weighted by Crippen LogP contribution is -2.45. The van der Waals surface area contributed by atoms with Crippen molar-refractivity contribution < 1.29 is 4.79 Å². The van der Waals surface area contributed by atoms with Crippen molar-refractivity contribution in [1.82, 2.24) is 14.8 Å². The summed E-state index contributed by atoms with van der Waals surface area (Å²) in [6.07, 6.45) is 0. The molecule has 0 spiro atoms. The standard InChI is InChI=1S/C25H30N4OS2/c1-3-28-12-14-29(15-13-28)16-20-4-8-22(9-5-20)27-25(30)21-6-10-24(11-7-21)32-18-23-17-31-19(2)26-23/h4-11,17H,3,12-16,18H2,1-2H3,(H,27,30). The summed E-state index contributed by atoms with van der Waals surface area (Å²) >= 11 is 3.41. The lowest BCUT2D eigenvalue weighted by Gasteiger charge is -2.34. The first kappa shape index (κ1) is 23.0. The number of piperazine rings is 1. The van der Waals surface area contributed by atoms with Crippen LogP contribution < -0.4 is 5.32 Å². The number of rotatable bonds is 8. The number of anilines is 1. The smallest absolute Gasteiger partial charge is 0.255 e. The van der Waals surface area contributed by atoms with E-state index in [1.165, 1.54) is 5.56 Å². The monoisotopic (exact) mass is 466 g/mol. The molecule has 0 saturated carbocycles. The lowest BCUT2D eigenvalue weighted by atomic mass is 10.1. The Morgan fingerprint density at radius 3 is 2.34 bits per heavy atom. The van der Waals surface area contributed by atoms with Crippen LogP contribution >= 0.6 is 23.1 Å². The molecule has 0 atom stereocenters. The molecule has 1 aliphatic heterocycles.